The van der Waals surface area contributed by atoms with Crippen molar-refractivity contribution >= 4 is 29.1 Å². The lowest BCUT2D eigenvalue weighted by atomic mass is 10.2. The first-order valence-corrected chi connectivity index (χ1v) is 9.43. The zero-order chi connectivity index (χ0) is 20.1. The van der Waals surface area contributed by atoms with Crippen LogP contribution in [0.5, 0.6) is 0 Å². The van der Waals surface area contributed by atoms with Gasteiger partial charge < -0.3 is 15.1 Å². The van der Waals surface area contributed by atoms with Crippen LogP contribution in [0.1, 0.15) is 24.2 Å². The van der Waals surface area contributed by atoms with Gasteiger partial charge in [-0.2, -0.15) is 0 Å². The molecule has 2 aromatic heterocycles. The summed E-state index contributed by atoms with van der Waals surface area (Å²) >= 11 is 0. The second-order valence-corrected chi connectivity index (χ2v) is 6.82. The van der Waals surface area contributed by atoms with Crippen molar-refractivity contribution in [3.8, 4) is 0 Å². The highest BCUT2D eigenvalue weighted by atomic mass is 16.2. The van der Waals surface area contributed by atoms with E-state index in [4.69, 9.17) is 0 Å². The third-order valence-electron chi connectivity index (χ3n) is 4.81. The molecule has 0 aliphatic carbocycles. The number of anilines is 3. The Morgan fingerprint density at radius 3 is 2.50 bits per heavy atom. The lowest BCUT2D eigenvalue weighted by Gasteiger charge is -2.33. The molecule has 1 saturated heterocycles. The smallest absolute Gasteiger partial charge is 0.255 e. The lowest BCUT2D eigenvalue weighted by Crippen LogP contribution is -2.44. The summed E-state index contributed by atoms with van der Waals surface area (Å²) in [4.78, 5) is 39.0. The molecular weight excluding hydrogens is 356 g/mol. The van der Waals surface area contributed by atoms with Crippen molar-refractivity contribution in [1.82, 2.24) is 14.9 Å². The normalized spacial score (nSPS) is 14.6. The van der Waals surface area contributed by atoms with E-state index in [0.29, 0.717) is 23.6 Å². The third kappa shape index (κ3) is 4.64. The topological polar surface area (TPSA) is 81.7 Å². The number of likely N-dealkylation sites (N-methyl/N-ethyl adjacent to an activating group) is 1. The Morgan fingerprint density at radius 1 is 1.14 bits per heavy atom. The predicted molar refractivity (Wildman–Crippen MR) is 110 cm³/mol. The van der Waals surface area contributed by atoms with Gasteiger partial charge in [-0.3, -0.25) is 14.5 Å². The molecule has 3 heterocycles. The minimum absolute atomic E-state index is 0.0694. The van der Waals surface area contributed by atoms with Gasteiger partial charge in [0.25, 0.3) is 5.91 Å². The quantitative estimate of drug-likeness (QED) is 0.850. The average molecular weight is 382 g/mol. The number of carbonyl (C=O) groups is 2. The fourth-order valence-electron chi connectivity index (χ4n) is 3.14. The van der Waals surface area contributed by atoms with Crippen molar-refractivity contribution in [2.45, 2.75) is 13.8 Å². The second kappa shape index (κ2) is 8.79. The van der Waals surface area contributed by atoms with Crippen LogP contribution in [-0.2, 0) is 4.79 Å². The summed E-state index contributed by atoms with van der Waals surface area (Å²) in [5.74, 6) is 1.09. The van der Waals surface area contributed by atoms with Gasteiger partial charge in [-0.1, -0.05) is 0 Å². The van der Waals surface area contributed by atoms with Gasteiger partial charge in [-0.05, 0) is 38.2 Å². The van der Waals surface area contributed by atoms with E-state index in [0.717, 1.165) is 32.0 Å². The molecule has 1 N–H and O–H groups in total. The van der Waals surface area contributed by atoms with Crippen LogP contribution in [-0.4, -0.2) is 66.5 Å². The van der Waals surface area contributed by atoms with Gasteiger partial charge in [0.2, 0.25) is 5.91 Å². The molecule has 3 rings (SSSR count). The summed E-state index contributed by atoms with van der Waals surface area (Å²) in [5, 5.41) is 2.85. The molecule has 0 saturated carbocycles. The summed E-state index contributed by atoms with van der Waals surface area (Å²) in [5.41, 5.74) is 1.12. The van der Waals surface area contributed by atoms with E-state index in [2.05, 4.69) is 32.1 Å². The Kier molecular flexibility index (Phi) is 6.20. The van der Waals surface area contributed by atoms with Crippen molar-refractivity contribution in [3.63, 3.8) is 0 Å². The molecule has 8 nitrogen and oxygen atoms in total. The molecule has 0 bridgehead atoms. The molecule has 1 aliphatic heterocycles. The first-order valence-electron chi connectivity index (χ1n) is 9.43. The van der Waals surface area contributed by atoms with Gasteiger partial charge >= 0.3 is 0 Å². The van der Waals surface area contributed by atoms with Crippen LogP contribution >= 0.6 is 0 Å². The van der Waals surface area contributed by atoms with Gasteiger partial charge in [0.05, 0.1) is 11.9 Å². The Bertz CT molecular complexity index is 831. The van der Waals surface area contributed by atoms with Gasteiger partial charge in [0.1, 0.15) is 11.6 Å². The van der Waals surface area contributed by atoms with E-state index >= 15 is 0 Å². The SMILES string of the molecule is CCN(C(C)=O)c1ccc(NC(=O)c2ccnc(N3CCN(C)CC3)c2)cn1. The Hall–Kier alpha value is -3.00. The van der Waals surface area contributed by atoms with Crippen molar-refractivity contribution in [2.75, 3.05) is 54.9 Å². The molecule has 0 radical (unpaired) electrons. The van der Waals surface area contributed by atoms with E-state index in [1.54, 1.807) is 35.5 Å². The maximum Gasteiger partial charge on any atom is 0.255 e. The predicted octanol–water partition coefficient (Wildman–Crippen LogP) is 1.85. The molecule has 28 heavy (non-hydrogen) atoms. The third-order valence-corrected chi connectivity index (χ3v) is 4.81. The Labute approximate surface area is 165 Å². The van der Waals surface area contributed by atoms with Crippen LogP contribution in [0.4, 0.5) is 17.3 Å². The van der Waals surface area contributed by atoms with E-state index < -0.39 is 0 Å². The molecule has 0 unspecified atom stereocenters. The first kappa shape index (κ1) is 19.8. The maximum absolute atomic E-state index is 12.6. The number of nitrogens with zero attached hydrogens (tertiary/aromatic N) is 5. The summed E-state index contributed by atoms with van der Waals surface area (Å²) in [6, 6.07) is 6.99. The van der Waals surface area contributed by atoms with Gasteiger partial charge in [-0.15, -0.1) is 0 Å². The van der Waals surface area contributed by atoms with Crippen LogP contribution in [0.3, 0.4) is 0 Å². The molecule has 0 aromatic carbocycles. The molecular formula is C20H26N6O2. The lowest BCUT2D eigenvalue weighted by molar-refractivity contribution is -0.116. The molecule has 148 valence electrons. The van der Waals surface area contributed by atoms with Crippen LogP contribution in [0.25, 0.3) is 0 Å². The molecule has 8 heteroatoms. The first-order chi connectivity index (χ1) is 13.5. The molecule has 2 amide bonds. The number of amides is 2. The Morgan fingerprint density at radius 2 is 1.89 bits per heavy atom. The number of hydrogen-bond acceptors (Lipinski definition) is 6. The van der Waals surface area contributed by atoms with Crippen molar-refractivity contribution in [2.24, 2.45) is 0 Å². The van der Waals surface area contributed by atoms with Gasteiger partial charge in [0.15, 0.2) is 0 Å². The van der Waals surface area contributed by atoms with E-state index in [1.165, 1.54) is 6.92 Å². The highest BCUT2D eigenvalue weighted by molar-refractivity contribution is 6.04. The minimum Gasteiger partial charge on any atom is -0.354 e. The molecule has 0 spiro atoms. The number of aromatic nitrogens is 2. The number of carbonyl (C=O) groups excluding carboxylic acids is 2. The fraction of sp³-hybridized carbons (Fsp3) is 0.400. The largest absolute Gasteiger partial charge is 0.354 e. The number of pyridine rings is 2. The summed E-state index contributed by atoms with van der Waals surface area (Å²) < 4.78 is 0. The zero-order valence-electron chi connectivity index (χ0n) is 16.6. The van der Waals surface area contributed by atoms with Crippen molar-refractivity contribution in [1.29, 1.82) is 0 Å². The number of piperazine rings is 1. The zero-order valence-corrected chi connectivity index (χ0v) is 16.6. The van der Waals surface area contributed by atoms with Gasteiger partial charge in [0, 0.05) is 51.4 Å². The van der Waals surface area contributed by atoms with Crippen LogP contribution in [0, 0.1) is 0 Å². The average Bonchev–Trinajstić information content (AvgIpc) is 2.70. The summed E-state index contributed by atoms with van der Waals surface area (Å²) in [6.07, 6.45) is 3.22. The maximum atomic E-state index is 12.6. The highest BCUT2D eigenvalue weighted by Crippen LogP contribution is 2.18. The molecule has 1 fully saturated rings. The molecule has 0 atom stereocenters. The van der Waals surface area contributed by atoms with Crippen molar-refractivity contribution < 1.29 is 9.59 Å². The van der Waals surface area contributed by atoms with E-state index in [-0.39, 0.29) is 11.8 Å². The van der Waals surface area contributed by atoms with Crippen LogP contribution < -0.4 is 15.1 Å². The highest BCUT2D eigenvalue weighted by Gasteiger charge is 2.17. The number of hydrogen-bond donors (Lipinski definition) is 1. The van der Waals surface area contributed by atoms with E-state index in [9.17, 15) is 9.59 Å². The summed E-state index contributed by atoms with van der Waals surface area (Å²) in [6.45, 7) is 7.67. The monoisotopic (exact) mass is 382 g/mol. The summed E-state index contributed by atoms with van der Waals surface area (Å²) in [7, 11) is 2.10. The number of rotatable bonds is 5. The van der Waals surface area contributed by atoms with E-state index in [1.807, 2.05) is 13.0 Å². The van der Waals surface area contributed by atoms with Gasteiger partial charge in [-0.25, -0.2) is 9.97 Å². The number of nitrogens with one attached hydrogen (secondary N) is 1. The molecule has 1 aliphatic rings. The van der Waals surface area contributed by atoms with Crippen LogP contribution in [0.2, 0.25) is 0 Å². The van der Waals surface area contributed by atoms with Crippen LogP contribution in [0.15, 0.2) is 36.7 Å². The van der Waals surface area contributed by atoms with Crippen molar-refractivity contribution in [3.05, 3.63) is 42.2 Å². The fourth-order valence-corrected chi connectivity index (χ4v) is 3.14. The standard InChI is InChI=1S/C20H26N6O2/c1-4-26(15(2)27)18-6-5-17(14-22-18)23-20(28)16-7-8-21-19(13-16)25-11-9-24(3)10-12-25/h5-8,13-14H,4,9-12H2,1-3H3,(H,23,28). The minimum atomic E-state index is -0.216. The second-order valence-electron chi connectivity index (χ2n) is 6.82. The Balaban J connectivity index is 1.68. The molecule has 2 aromatic rings.